The number of nitrogens with zero attached hydrogens (tertiary/aromatic N) is 1. The van der Waals surface area contributed by atoms with Crippen molar-refractivity contribution < 1.29 is 17.9 Å². The van der Waals surface area contributed by atoms with Crippen molar-refractivity contribution in [2.45, 2.75) is 13.0 Å². The van der Waals surface area contributed by atoms with Crippen LogP contribution in [-0.2, 0) is 14.8 Å². The number of nitrogens with one attached hydrogen (secondary N) is 1. The number of sulfonamides is 1. The summed E-state index contributed by atoms with van der Waals surface area (Å²) in [5, 5.41) is 3.46. The monoisotopic (exact) mass is 360 g/mol. The number of rotatable bonds is 5. The summed E-state index contributed by atoms with van der Waals surface area (Å²) in [7, 11) is -0.352. The van der Waals surface area contributed by atoms with E-state index in [2.05, 4.69) is 5.32 Å². The molecule has 23 heavy (non-hydrogen) atoms. The summed E-state index contributed by atoms with van der Waals surface area (Å²) >= 11 is 5.96. The maximum absolute atomic E-state index is 12.3. The fourth-order valence-electron chi connectivity index (χ4n) is 2.38. The van der Waals surface area contributed by atoms with E-state index in [-0.39, 0.29) is 23.6 Å². The molecular formula is C15H21ClN2O4S. The Bertz CT molecular complexity index is 691. The summed E-state index contributed by atoms with van der Waals surface area (Å²) in [5.74, 6) is -0.572. The molecule has 1 saturated heterocycles. The molecule has 0 saturated carbocycles. The molecule has 0 bridgehead atoms. The zero-order chi connectivity index (χ0) is 17.2. The predicted molar refractivity (Wildman–Crippen MR) is 89.2 cm³/mol. The highest BCUT2D eigenvalue weighted by atomic mass is 35.5. The second-order valence-corrected chi connectivity index (χ2v) is 8.54. The van der Waals surface area contributed by atoms with Crippen LogP contribution in [0.4, 0.5) is 0 Å². The number of halogens is 1. The SMILES string of the molecule is Cc1cc(C(=O)NC2COCC2CS(=O)(=O)N(C)C)ccc1Cl. The molecule has 1 aliphatic rings. The Balaban J connectivity index is 2.06. The molecule has 1 aromatic rings. The van der Waals surface area contributed by atoms with Crippen molar-refractivity contribution in [3.8, 4) is 0 Å². The van der Waals surface area contributed by atoms with Crippen LogP contribution in [-0.4, -0.2) is 57.7 Å². The minimum Gasteiger partial charge on any atom is -0.379 e. The Hall–Kier alpha value is -1.15. The number of carbonyl (C=O) groups excluding carboxylic acids is 1. The molecule has 2 rings (SSSR count). The second-order valence-electron chi connectivity index (χ2n) is 5.90. The molecule has 1 N–H and O–H groups in total. The summed E-state index contributed by atoms with van der Waals surface area (Å²) < 4.78 is 30.6. The fourth-order valence-corrected chi connectivity index (χ4v) is 3.66. The summed E-state index contributed by atoms with van der Waals surface area (Å²) in [6, 6.07) is 4.70. The Morgan fingerprint density at radius 3 is 2.70 bits per heavy atom. The van der Waals surface area contributed by atoms with E-state index in [4.69, 9.17) is 16.3 Å². The van der Waals surface area contributed by atoms with Crippen LogP contribution in [0.2, 0.25) is 5.02 Å². The van der Waals surface area contributed by atoms with Crippen molar-refractivity contribution >= 4 is 27.5 Å². The number of ether oxygens (including phenoxy) is 1. The molecule has 1 aromatic carbocycles. The van der Waals surface area contributed by atoms with Crippen molar-refractivity contribution in [2.24, 2.45) is 5.92 Å². The van der Waals surface area contributed by atoms with Crippen LogP contribution < -0.4 is 5.32 Å². The molecule has 0 aromatic heterocycles. The highest BCUT2D eigenvalue weighted by Gasteiger charge is 2.34. The molecule has 1 aliphatic heterocycles. The molecule has 128 valence electrons. The van der Waals surface area contributed by atoms with Crippen molar-refractivity contribution in [3.05, 3.63) is 34.3 Å². The smallest absolute Gasteiger partial charge is 0.251 e. The van der Waals surface area contributed by atoms with Gasteiger partial charge in [0, 0.05) is 30.6 Å². The topological polar surface area (TPSA) is 75.7 Å². The molecule has 1 amide bonds. The standard InChI is InChI=1S/C15H21ClN2O4S/c1-10-6-11(4-5-13(10)16)15(19)17-14-8-22-7-12(14)9-23(20,21)18(2)3/h4-6,12,14H,7-9H2,1-3H3,(H,17,19). The first kappa shape index (κ1) is 18.2. The Morgan fingerprint density at radius 1 is 1.39 bits per heavy atom. The Morgan fingerprint density at radius 2 is 2.09 bits per heavy atom. The summed E-state index contributed by atoms with van der Waals surface area (Å²) in [6.45, 7) is 2.45. The van der Waals surface area contributed by atoms with Crippen molar-refractivity contribution in [1.82, 2.24) is 9.62 Å². The van der Waals surface area contributed by atoms with E-state index in [1.54, 1.807) is 18.2 Å². The van der Waals surface area contributed by atoms with Gasteiger partial charge in [-0.1, -0.05) is 11.6 Å². The normalized spacial score (nSPS) is 21.6. The van der Waals surface area contributed by atoms with Gasteiger partial charge < -0.3 is 10.1 Å². The first-order chi connectivity index (χ1) is 10.7. The van der Waals surface area contributed by atoms with E-state index < -0.39 is 10.0 Å². The van der Waals surface area contributed by atoms with Gasteiger partial charge in [0.1, 0.15) is 0 Å². The molecular weight excluding hydrogens is 340 g/mol. The van der Waals surface area contributed by atoms with Crippen LogP contribution >= 0.6 is 11.6 Å². The van der Waals surface area contributed by atoms with E-state index in [1.807, 2.05) is 6.92 Å². The van der Waals surface area contributed by atoms with Gasteiger partial charge in [-0.05, 0) is 30.7 Å². The number of aryl methyl sites for hydroxylation is 1. The van der Waals surface area contributed by atoms with Gasteiger partial charge in [-0.2, -0.15) is 0 Å². The van der Waals surface area contributed by atoms with E-state index in [9.17, 15) is 13.2 Å². The van der Waals surface area contributed by atoms with E-state index in [1.165, 1.54) is 18.4 Å². The lowest BCUT2D eigenvalue weighted by Gasteiger charge is -2.21. The molecule has 2 atom stereocenters. The van der Waals surface area contributed by atoms with Gasteiger partial charge in [-0.3, -0.25) is 4.79 Å². The molecule has 6 nitrogen and oxygen atoms in total. The zero-order valence-electron chi connectivity index (χ0n) is 13.4. The van der Waals surface area contributed by atoms with Gasteiger partial charge in [0.15, 0.2) is 0 Å². The highest BCUT2D eigenvalue weighted by molar-refractivity contribution is 7.89. The molecule has 1 fully saturated rings. The molecule has 0 spiro atoms. The molecule has 2 unspecified atom stereocenters. The van der Waals surface area contributed by atoms with Crippen molar-refractivity contribution in [3.63, 3.8) is 0 Å². The van der Waals surface area contributed by atoms with Crippen LogP contribution in [0.25, 0.3) is 0 Å². The second kappa shape index (κ2) is 7.17. The molecule has 1 heterocycles. The first-order valence-electron chi connectivity index (χ1n) is 7.25. The summed E-state index contributed by atoms with van der Waals surface area (Å²) in [6.07, 6.45) is 0. The zero-order valence-corrected chi connectivity index (χ0v) is 14.9. The van der Waals surface area contributed by atoms with Gasteiger partial charge in [-0.15, -0.1) is 0 Å². The minimum absolute atomic E-state index is 0.0510. The van der Waals surface area contributed by atoms with Crippen LogP contribution in [0, 0.1) is 12.8 Å². The maximum Gasteiger partial charge on any atom is 0.251 e. The molecule has 8 heteroatoms. The van der Waals surface area contributed by atoms with Crippen LogP contribution in [0.3, 0.4) is 0 Å². The number of hydrogen-bond acceptors (Lipinski definition) is 4. The number of amides is 1. The van der Waals surface area contributed by atoms with E-state index in [0.29, 0.717) is 23.8 Å². The largest absolute Gasteiger partial charge is 0.379 e. The van der Waals surface area contributed by atoms with Crippen molar-refractivity contribution in [2.75, 3.05) is 33.1 Å². The van der Waals surface area contributed by atoms with Gasteiger partial charge in [-0.25, -0.2) is 12.7 Å². The van der Waals surface area contributed by atoms with Crippen molar-refractivity contribution in [1.29, 1.82) is 0 Å². The third-order valence-electron chi connectivity index (χ3n) is 3.92. The number of carbonyl (C=O) groups is 1. The Kier molecular flexibility index (Phi) is 5.67. The van der Waals surface area contributed by atoms with Gasteiger partial charge in [0.2, 0.25) is 10.0 Å². The lowest BCUT2D eigenvalue weighted by atomic mass is 10.1. The first-order valence-corrected chi connectivity index (χ1v) is 9.24. The summed E-state index contributed by atoms with van der Waals surface area (Å²) in [5.41, 5.74) is 1.31. The average Bonchev–Trinajstić information content (AvgIpc) is 2.88. The minimum atomic E-state index is -3.34. The van der Waals surface area contributed by atoms with Gasteiger partial charge >= 0.3 is 0 Å². The van der Waals surface area contributed by atoms with Crippen LogP contribution in [0.1, 0.15) is 15.9 Å². The average molecular weight is 361 g/mol. The van der Waals surface area contributed by atoms with Crippen LogP contribution in [0.15, 0.2) is 18.2 Å². The Labute approximate surface area is 141 Å². The van der Waals surface area contributed by atoms with Gasteiger partial charge in [0.25, 0.3) is 5.91 Å². The maximum atomic E-state index is 12.3. The lowest BCUT2D eigenvalue weighted by Crippen LogP contribution is -2.43. The number of hydrogen-bond donors (Lipinski definition) is 1. The van der Waals surface area contributed by atoms with Gasteiger partial charge in [0.05, 0.1) is 25.0 Å². The quantitative estimate of drug-likeness (QED) is 0.858. The molecule has 0 aliphatic carbocycles. The number of benzene rings is 1. The molecule has 0 radical (unpaired) electrons. The van der Waals surface area contributed by atoms with E-state index in [0.717, 1.165) is 5.56 Å². The van der Waals surface area contributed by atoms with E-state index >= 15 is 0 Å². The third-order valence-corrected chi connectivity index (χ3v) is 6.30. The summed E-state index contributed by atoms with van der Waals surface area (Å²) in [4.78, 5) is 12.3. The third kappa shape index (κ3) is 4.44. The lowest BCUT2D eigenvalue weighted by molar-refractivity contribution is 0.0926. The van der Waals surface area contributed by atoms with Crippen LogP contribution in [0.5, 0.6) is 0 Å². The predicted octanol–water partition coefficient (Wildman–Crippen LogP) is 1.28. The highest BCUT2D eigenvalue weighted by Crippen LogP contribution is 2.19. The fraction of sp³-hybridized carbons (Fsp3) is 0.533.